The Morgan fingerprint density at radius 1 is 0.961 bits per heavy atom. The lowest BCUT2D eigenvalue weighted by atomic mass is 9.90. The summed E-state index contributed by atoms with van der Waals surface area (Å²) in [5.74, 6) is -0.511. The quantitative estimate of drug-likeness (QED) is 0.240. The van der Waals surface area contributed by atoms with Crippen molar-refractivity contribution in [3.05, 3.63) is 97.0 Å². The van der Waals surface area contributed by atoms with Crippen LogP contribution in [0, 0.1) is 13.8 Å². The normalized spacial score (nSPS) is 19.4. The topological polar surface area (TPSA) is 96.1 Å². The Morgan fingerprint density at radius 3 is 2.39 bits per heavy atom. The number of aryl methyl sites for hydroxylation is 1. The number of rotatable bonds is 10. The zero-order chi connectivity index (χ0) is 35.4. The number of carbonyl (C=O) groups is 1. The van der Waals surface area contributed by atoms with Gasteiger partial charge in [-0.05, 0) is 105 Å². The number of nitrogens with one attached hydrogen (secondary N) is 2. The summed E-state index contributed by atoms with van der Waals surface area (Å²) in [5, 5.41) is 3.12. The number of hydrogen-bond donors (Lipinski definition) is 2. The number of pyridine rings is 1. The number of hydrogen-bond acceptors (Lipinski definition) is 7. The highest BCUT2D eigenvalue weighted by Gasteiger charge is 2.39. The van der Waals surface area contributed by atoms with Gasteiger partial charge in [0.1, 0.15) is 0 Å². The third-order valence-corrected chi connectivity index (χ3v) is 11.6. The second-order valence-corrected chi connectivity index (χ2v) is 14.7. The summed E-state index contributed by atoms with van der Waals surface area (Å²) in [6, 6.07) is 13.3. The molecule has 272 valence electrons. The molecule has 1 amide bonds. The number of benzene rings is 2. The lowest BCUT2D eigenvalue weighted by molar-refractivity contribution is -0.185. The van der Waals surface area contributed by atoms with Gasteiger partial charge < -0.3 is 29.4 Å². The van der Waals surface area contributed by atoms with Gasteiger partial charge in [-0.1, -0.05) is 36.4 Å². The van der Waals surface area contributed by atoms with Gasteiger partial charge in [0.2, 0.25) is 0 Å². The van der Waals surface area contributed by atoms with Crippen LogP contribution in [0.4, 0.5) is 5.69 Å². The first kappa shape index (κ1) is 35.6. The number of likely N-dealkylation sites (tertiary alicyclic amines) is 1. The van der Waals surface area contributed by atoms with Crippen molar-refractivity contribution >= 4 is 23.7 Å². The first-order valence-corrected chi connectivity index (χ1v) is 19.1. The van der Waals surface area contributed by atoms with Crippen molar-refractivity contribution < 1.29 is 19.0 Å². The van der Waals surface area contributed by atoms with E-state index in [9.17, 15) is 9.59 Å². The van der Waals surface area contributed by atoms with E-state index in [-0.39, 0.29) is 23.8 Å². The summed E-state index contributed by atoms with van der Waals surface area (Å²) >= 11 is 0. The third kappa shape index (κ3) is 8.02. The molecular formula is C42H54N4O5. The van der Waals surface area contributed by atoms with Gasteiger partial charge in [-0.3, -0.25) is 14.5 Å². The molecule has 1 spiro atoms. The molecule has 2 N–H and O–H groups in total. The van der Waals surface area contributed by atoms with Crippen molar-refractivity contribution in [3.63, 3.8) is 0 Å². The fourth-order valence-corrected chi connectivity index (χ4v) is 8.49. The molecule has 51 heavy (non-hydrogen) atoms. The number of anilines is 1. The van der Waals surface area contributed by atoms with E-state index in [0.29, 0.717) is 30.4 Å². The number of amides is 1. The molecule has 0 atom stereocenters. The van der Waals surface area contributed by atoms with Crippen LogP contribution in [0.5, 0.6) is 0 Å². The molecule has 4 heterocycles. The van der Waals surface area contributed by atoms with Crippen LogP contribution >= 0.6 is 0 Å². The van der Waals surface area contributed by atoms with Gasteiger partial charge in [-0.2, -0.15) is 0 Å². The molecule has 3 aliphatic heterocycles. The van der Waals surface area contributed by atoms with E-state index in [1.807, 2.05) is 19.9 Å². The maximum absolute atomic E-state index is 14.0. The van der Waals surface area contributed by atoms with Crippen molar-refractivity contribution in [2.75, 3.05) is 51.0 Å². The third-order valence-electron chi connectivity index (χ3n) is 11.6. The van der Waals surface area contributed by atoms with Crippen LogP contribution in [0.2, 0.25) is 0 Å². The maximum atomic E-state index is 14.0. The fraction of sp³-hybridized carbons (Fsp3) is 0.524. The number of fused-ring (bicyclic) bond motifs is 1. The van der Waals surface area contributed by atoms with E-state index in [0.717, 1.165) is 124 Å². The Balaban J connectivity index is 1.10. The predicted octanol–water partition coefficient (Wildman–Crippen LogP) is 6.32. The second kappa shape index (κ2) is 15.9. The van der Waals surface area contributed by atoms with Crippen LogP contribution < -0.4 is 15.8 Å². The van der Waals surface area contributed by atoms with Gasteiger partial charge >= 0.3 is 0 Å². The van der Waals surface area contributed by atoms with Crippen LogP contribution in [0.15, 0.2) is 41.2 Å². The zero-order valence-corrected chi connectivity index (χ0v) is 30.7. The Kier molecular flexibility index (Phi) is 11.1. The summed E-state index contributed by atoms with van der Waals surface area (Å²) in [6.07, 6.45) is 12.1. The van der Waals surface area contributed by atoms with Crippen molar-refractivity contribution in [2.24, 2.45) is 0 Å². The Labute approximate surface area is 302 Å². The molecule has 0 saturated carbocycles. The van der Waals surface area contributed by atoms with Gasteiger partial charge in [0.25, 0.3) is 11.5 Å². The molecule has 7 rings (SSSR count). The number of H-pyrrole nitrogens is 1. The van der Waals surface area contributed by atoms with Gasteiger partial charge in [0.05, 0.1) is 13.2 Å². The Morgan fingerprint density at radius 2 is 1.67 bits per heavy atom. The highest BCUT2D eigenvalue weighted by molar-refractivity contribution is 5.98. The van der Waals surface area contributed by atoms with E-state index in [2.05, 4.69) is 69.5 Å². The van der Waals surface area contributed by atoms with Gasteiger partial charge in [-0.15, -0.1) is 0 Å². The molecule has 0 bridgehead atoms. The molecule has 9 nitrogen and oxygen atoms in total. The van der Waals surface area contributed by atoms with E-state index in [1.165, 1.54) is 11.1 Å². The summed E-state index contributed by atoms with van der Waals surface area (Å²) in [4.78, 5) is 35.1. The van der Waals surface area contributed by atoms with Crippen molar-refractivity contribution in [2.45, 2.75) is 97.1 Å². The molecule has 3 fully saturated rings. The number of ether oxygens (including phenoxy) is 3. The van der Waals surface area contributed by atoms with Crippen LogP contribution in [-0.2, 0) is 40.1 Å². The summed E-state index contributed by atoms with van der Waals surface area (Å²) in [5.41, 5.74) is 9.91. The van der Waals surface area contributed by atoms with Crippen molar-refractivity contribution in [1.82, 2.24) is 15.2 Å². The minimum absolute atomic E-state index is 0.0946. The molecule has 3 saturated heterocycles. The minimum atomic E-state index is -0.347. The average Bonchev–Trinajstić information content (AvgIpc) is 3.61. The number of carbonyl (C=O) groups excluding carboxylic acids is 1. The summed E-state index contributed by atoms with van der Waals surface area (Å²) < 4.78 is 17.5. The standard InChI is InChI=1S/C42H54N4O5/c1-4-46(34-15-21-49-22-16-34)39-26-33(14-11-31-9-12-32(13-10-31)28-45-19-17-42(18-20-45)50-23-24-51-42)25-36(30(39)3)40(47)43-27-37-29(2)35-7-5-6-8-38(35)44-41(37)48/h9-14,25-26,34H,4-8,15-24,27-28H2,1-3H3,(H,43,47)(H,44,48)/b14-11+. The molecule has 2 aromatic carbocycles. The first-order chi connectivity index (χ1) is 24.8. The van der Waals surface area contributed by atoms with Crippen molar-refractivity contribution in [1.29, 1.82) is 0 Å². The number of aromatic nitrogens is 1. The summed E-state index contributed by atoms with van der Waals surface area (Å²) in [6.45, 7) is 13.1. The number of piperidine rings is 1. The maximum Gasteiger partial charge on any atom is 0.253 e. The van der Waals surface area contributed by atoms with E-state index in [1.54, 1.807) is 0 Å². The molecule has 3 aromatic rings. The average molecular weight is 695 g/mol. The highest BCUT2D eigenvalue weighted by atomic mass is 16.7. The molecule has 0 unspecified atom stereocenters. The zero-order valence-electron chi connectivity index (χ0n) is 30.7. The van der Waals surface area contributed by atoms with Crippen LogP contribution in [0.25, 0.3) is 12.2 Å². The summed E-state index contributed by atoms with van der Waals surface area (Å²) in [7, 11) is 0. The van der Waals surface area contributed by atoms with Crippen molar-refractivity contribution in [3.8, 4) is 0 Å². The van der Waals surface area contributed by atoms with E-state index >= 15 is 0 Å². The van der Waals surface area contributed by atoms with Crippen LogP contribution in [-0.4, -0.2) is 73.7 Å². The molecule has 4 aliphatic rings. The lowest BCUT2D eigenvalue weighted by Crippen LogP contribution is -2.44. The Bertz CT molecular complexity index is 1780. The lowest BCUT2D eigenvalue weighted by Gasteiger charge is -2.37. The van der Waals surface area contributed by atoms with E-state index in [4.69, 9.17) is 14.2 Å². The largest absolute Gasteiger partial charge is 0.381 e. The minimum Gasteiger partial charge on any atom is -0.381 e. The fourth-order valence-electron chi connectivity index (χ4n) is 8.49. The molecular weight excluding hydrogens is 640 g/mol. The Hall–Kier alpha value is -3.76. The van der Waals surface area contributed by atoms with E-state index < -0.39 is 0 Å². The smallest absolute Gasteiger partial charge is 0.253 e. The molecule has 0 radical (unpaired) electrons. The van der Waals surface area contributed by atoms with Gasteiger partial charge in [0.15, 0.2) is 5.79 Å². The number of aromatic amines is 1. The molecule has 1 aliphatic carbocycles. The second-order valence-electron chi connectivity index (χ2n) is 14.7. The monoisotopic (exact) mass is 694 g/mol. The SMILES string of the molecule is CCN(c1cc(/C=C/c2ccc(CN3CCC4(CC3)OCCO4)cc2)cc(C(=O)NCc2c(C)c3c([nH]c2=O)CCCC3)c1C)C1CCOCC1. The van der Waals surface area contributed by atoms with Crippen LogP contribution in [0.3, 0.4) is 0 Å². The first-order valence-electron chi connectivity index (χ1n) is 19.1. The van der Waals surface area contributed by atoms with Crippen LogP contribution in [0.1, 0.15) is 100 Å². The molecule has 9 heteroatoms. The number of nitrogens with zero attached hydrogens (tertiary/aromatic N) is 2. The van der Waals surface area contributed by atoms with Gasteiger partial charge in [0, 0.05) is 87.3 Å². The highest BCUT2D eigenvalue weighted by Crippen LogP contribution is 2.33. The molecule has 1 aromatic heterocycles. The van der Waals surface area contributed by atoms with Gasteiger partial charge in [-0.25, -0.2) is 0 Å². The predicted molar refractivity (Wildman–Crippen MR) is 202 cm³/mol.